The van der Waals surface area contributed by atoms with Crippen LogP contribution in [0.5, 0.6) is 0 Å². The van der Waals surface area contributed by atoms with E-state index in [2.05, 4.69) is 5.32 Å². The number of rotatable bonds is 8. The van der Waals surface area contributed by atoms with Crippen molar-refractivity contribution in [2.45, 2.75) is 38.5 Å². The highest BCUT2D eigenvalue weighted by atomic mass is 35.5. The molecule has 1 aliphatic carbocycles. The van der Waals surface area contributed by atoms with Crippen molar-refractivity contribution in [1.82, 2.24) is 5.32 Å². The van der Waals surface area contributed by atoms with Crippen LogP contribution >= 0.6 is 11.6 Å². The van der Waals surface area contributed by atoms with Crippen molar-refractivity contribution in [2.75, 3.05) is 18.1 Å². The minimum absolute atomic E-state index is 0.00292. The summed E-state index contributed by atoms with van der Waals surface area (Å²) in [6, 6.07) is 7.71. The monoisotopic (exact) mass is 357 g/mol. The molecular weight excluding hydrogens is 334 g/mol. The van der Waals surface area contributed by atoms with Crippen LogP contribution in [0.3, 0.4) is 0 Å². The smallest absolute Gasteiger partial charge is 0.221 e. The predicted octanol–water partition coefficient (Wildman–Crippen LogP) is 2.95. The van der Waals surface area contributed by atoms with E-state index in [1.165, 1.54) is 5.56 Å². The lowest BCUT2D eigenvalue weighted by Crippen LogP contribution is -2.33. The van der Waals surface area contributed by atoms with Crippen LogP contribution in [-0.4, -0.2) is 32.4 Å². The van der Waals surface area contributed by atoms with Gasteiger partial charge in [-0.3, -0.25) is 4.79 Å². The number of carbonyl (C=O) groups is 1. The molecule has 128 valence electrons. The van der Waals surface area contributed by atoms with Gasteiger partial charge >= 0.3 is 0 Å². The zero-order valence-electron chi connectivity index (χ0n) is 13.6. The minimum Gasteiger partial charge on any atom is -0.355 e. The van der Waals surface area contributed by atoms with Crippen molar-refractivity contribution in [3.05, 3.63) is 34.9 Å². The Morgan fingerprint density at radius 1 is 1.26 bits per heavy atom. The van der Waals surface area contributed by atoms with Crippen molar-refractivity contribution in [3.63, 3.8) is 0 Å². The maximum absolute atomic E-state index is 11.9. The Balaban J connectivity index is 1.82. The maximum atomic E-state index is 11.9. The highest BCUT2D eigenvalue weighted by Crippen LogP contribution is 2.47. The number of amides is 1. The SMILES string of the molecule is CC(C)CS(=O)(=O)CCC(=O)NCC1(c2ccc(Cl)cc2)CC1. The molecule has 4 nitrogen and oxygen atoms in total. The van der Waals surface area contributed by atoms with Crippen molar-refractivity contribution in [2.24, 2.45) is 5.92 Å². The van der Waals surface area contributed by atoms with E-state index in [4.69, 9.17) is 11.6 Å². The largest absolute Gasteiger partial charge is 0.355 e. The molecule has 0 spiro atoms. The average Bonchev–Trinajstić information content (AvgIpc) is 3.24. The molecule has 0 aliphatic heterocycles. The fourth-order valence-electron chi connectivity index (χ4n) is 2.72. The number of hydrogen-bond acceptors (Lipinski definition) is 3. The van der Waals surface area contributed by atoms with E-state index in [0.29, 0.717) is 11.6 Å². The topological polar surface area (TPSA) is 63.2 Å². The van der Waals surface area contributed by atoms with Gasteiger partial charge < -0.3 is 5.32 Å². The molecule has 1 fully saturated rings. The average molecular weight is 358 g/mol. The van der Waals surface area contributed by atoms with E-state index >= 15 is 0 Å². The number of nitrogens with one attached hydrogen (secondary N) is 1. The van der Waals surface area contributed by atoms with E-state index in [-0.39, 0.29) is 35.2 Å². The Morgan fingerprint density at radius 3 is 2.39 bits per heavy atom. The molecular formula is C17H24ClNO3S. The summed E-state index contributed by atoms with van der Waals surface area (Å²) in [6.07, 6.45) is 2.09. The molecule has 1 aromatic carbocycles. The molecule has 6 heteroatoms. The van der Waals surface area contributed by atoms with Crippen LogP contribution in [-0.2, 0) is 20.0 Å². The van der Waals surface area contributed by atoms with Crippen LogP contribution in [0.15, 0.2) is 24.3 Å². The van der Waals surface area contributed by atoms with Crippen molar-refractivity contribution in [1.29, 1.82) is 0 Å². The van der Waals surface area contributed by atoms with Gasteiger partial charge in [0.15, 0.2) is 9.84 Å². The number of halogens is 1. The van der Waals surface area contributed by atoms with Gasteiger partial charge in [0.05, 0.1) is 11.5 Å². The first-order valence-electron chi connectivity index (χ1n) is 7.96. The van der Waals surface area contributed by atoms with Crippen molar-refractivity contribution in [3.8, 4) is 0 Å². The van der Waals surface area contributed by atoms with Gasteiger partial charge in [-0.25, -0.2) is 8.42 Å². The molecule has 1 N–H and O–H groups in total. The van der Waals surface area contributed by atoms with Crippen LogP contribution in [0, 0.1) is 5.92 Å². The molecule has 1 saturated carbocycles. The molecule has 2 rings (SSSR count). The minimum atomic E-state index is -3.15. The van der Waals surface area contributed by atoms with E-state index in [9.17, 15) is 13.2 Å². The summed E-state index contributed by atoms with van der Waals surface area (Å²) in [5, 5.41) is 3.59. The fourth-order valence-corrected chi connectivity index (χ4v) is 4.52. The quantitative estimate of drug-likeness (QED) is 0.778. The second-order valence-corrected chi connectivity index (χ2v) is 9.49. The lowest BCUT2D eigenvalue weighted by Gasteiger charge is -2.17. The molecule has 0 saturated heterocycles. The summed E-state index contributed by atoms with van der Waals surface area (Å²) in [7, 11) is -3.15. The zero-order valence-corrected chi connectivity index (χ0v) is 15.2. The maximum Gasteiger partial charge on any atom is 0.221 e. The summed E-state index contributed by atoms with van der Waals surface area (Å²) in [5.41, 5.74) is 1.17. The number of hydrogen-bond donors (Lipinski definition) is 1. The third-order valence-electron chi connectivity index (χ3n) is 4.16. The second-order valence-electron chi connectivity index (χ2n) is 6.82. The first-order valence-corrected chi connectivity index (χ1v) is 10.2. The van der Waals surface area contributed by atoms with Gasteiger partial charge in [0.1, 0.15) is 0 Å². The van der Waals surface area contributed by atoms with Gasteiger partial charge in [-0.1, -0.05) is 37.6 Å². The highest BCUT2D eigenvalue weighted by Gasteiger charge is 2.44. The highest BCUT2D eigenvalue weighted by molar-refractivity contribution is 7.91. The molecule has 0 aromatic heterocycles. The van der Waals surface area contributed by atoms with Crippen molar-refractivity contribution >= 4 is 27.3 Å². The first kappa shape index (κ1) is 18.3. The van der Waals surface area contributed by atoms with Crippen LogP contribution < -0.4 is 5.32 Å². The third-order valence-corrected chi connectivity index (χ3v) is 6.41. The molecule has 0 radical (unpaired) electrons. The summed E-state index contributed by atoms with van der Waals surface area (Å²) in [6.45, 7) is 4.28. The van der Waals surface area contributed by atoms with Crippen LogP contribution in [0.4, 0.5) is 0 Å². The van der Waals surface area contributed by atoms with E-state index in [0.717, 1.165) is 12.8 Å². The van der Waals surface area contributed by atoms with Crippen LogP contribution in [0.25, 0.3) is 0 Å². The molecule has 0 atom stereocenters. The van der Waals surface area contributed by atoms with E-state index in [1.807, 2.05) is 38.1 Å². The van der Waals surface area contributed by atoms with E-state index < -0.39 is 9.84 Å². The Morgan fingerprint density at radius 2 is 1.87 bits per heavy atom. The van der Waals surface area contributed by atoms with Crippen molar-refractivity contribution < 1.29 is 13.2 Å². The Kier molecular flexibility index (Phi) is 5.74. The number of carbonyl (C=O) groups excluding carboxylic acids is 1. The lowest BCUT2D eigenvalue weighted by atomic mass is 9.96. The normalized spacial score (nSPS) is 16.3. The second kappa shape index (κ2) is 7.22. The van der Waals surface area contributed by atoms with Gasteiger partial charge in [-0.2, -0.15) is 0 Å². The molecule has 1 aliphatic rings. The summed E-state index contributed by atoms with van der Waals surface area (Å²) < 4.78 is 23.6. The fraction of sp³-hybridized carbons (Fsp3) is 0.588. The molecule has 0 bridgehead atoms. The first-order chi connectivity index (χ1) is 10.7. The standard InChI is InChI=1S/C17H24ClNO3S/c1-13(2)11-23(21,22)10-7-16(20)19-12-17(8-9-17)14-3-5-15(18)6-4-14/h3-6,13H,7-12H2,1-2H3,(H,19,20). The summed E-state index contributed by atoms with van der Waals surface area (Å²) in [5.74, 6) is -0.0554. The summed E-state index contributed by atoms with van der Waals surface area (Å²) in [4.78, 5) is 11.9. The van der Waals surface area contributed by atoms with Crippen LogP contribution in [0.2, 0.25) is 5.02 Å². The van der Waals surface area contributed by atoms with Crippen LogP contribution in [0.1, 0.15) is 38.7 Å². The predicted molar refractivity (Wildman–Crippen MR) is 93.5 cm³/mol. The molecule has 0 heterocycles. The van der Waals surface area contributed by atoms with Gasteiger partial charge in [-0.05, 0) is 36.5 Å². The zero-order chi connectivity index (χ0) is 17.1. The molecule has 23 heavy (non-hydrogen) atoms. The Labute approximate surface area is 143 Å². The Bertz CT molecular complexity index is 649. The van der Waals surface area contributed by atoms with Gasteiger partial charge in [-0.15, -0.1) is 0 Å². The summed E-state index contributed by atoms with van der Waals surface area (Å²) >= 11 is 5.90. The van der Waals surface area contributed by atoms with Gasteiger partial charge in [0.25, 0.3) is 0 Å². The molecule has 0 unspecified atom stereocenters. The van der Waals surface area contributed by atoms with Gasteiger partial charge in [0.2, 0.25) is 5.91 Å². The molecule has 1 aromatic rings. The Hall–Kier alpha value is -1.07. The lowest BCUT2D eigenvalue weighted by molar-refractivity contribution is -0.120. The molecule has 1 amide bonds. The number of benzene rings is 1. The number of sulfone groups is 1. The third kappa shape index (κ3) is 5.50. The van der Waals surface area contributed by atoms with Gasteiger partial charge in [0, 0.05) is 23.4 Å². The van der Waals surface area contributed by atoms with E-state index in [1.54, 1.807) is 0 Å².